The van der Waals surface area contributed by atoms with Crippen molar-refractivity contribution >= 4 is 5.69 Å². The summed E-state index contributed by atoms with van der Waals surface area (Å²) in [4.78, 5) is 4.05. The molecule has 0 saturated heterocycles. The van der Waals surface area contributed by atoms with Gasteiger partial charge in [0.2, 0.25) is 5.88 Å². The standard InChI is InChI=1S/C9H12N2O.CH4O/c10-8-5-2-6-11-9(8)12-7-3-1-4-7;1-2/h2,5-7H,1,3-4,10H2;2H,1H3. The molecule has 0 radical (unpaired) electrons. The number of ether oxygens (including phenoxy) is 1. The van der Waals surface area contributed by atoms with Crippen LogP contribution < -0.4 is 10.5 Å². The summed E-state index contributed by atoms with van der Waals surface area (Å²) in [6, 6.07) is 3.62. The van der Waals surface area contributed by atoms with Gasteiger partial charge in [0, 0.05) is 13.3 Å². The zero-order valence-electron chi connectivity index (χ0n) is 8.31. The molecule has 0 bridgehead atoms. The van der Waals surface area contributed by atoms with Gasteiger partial charge in [-0.1, -0.05) is 0 Å². The molecule has 0 aromatic carbocycles. The van der Waals surface area contributed by atoms with Gasteiger partial charge in [0.25, 0.3) is 0 Å². The lowest BCUT2D eigenvalue weighted by molar-refractivity contribution is 0.115. The molecule has 2 rings (SSSR count). The third-order valence-electron chi connectivity index (χ3n) is 2.13. The van der Waals surface area contributed by atoms with E-state index >= 15 is 0 Å². The Hall–Kier alpha value is -1.29. The molecule has 14 heavy (non-hydrogen) atoms. The lowest BCUT2D eigenvalue weighted by Crippen LogP contribution is -2.25. The normalized spacial score (nSPS) is 15.0. The third kappa shape index (κ3) is 2.60. The van der Waals surface area contributed by atoms with Crippen LogP contribution in [0.4, 0.5) is 5.69 Å². The topological polar surface area (TPSA) is 68.4 Å². The largest absolute Gasteiger partial charge is 0.473 e. The molecule has 0 aliphatic heterocycles. The number of aromatic nitrogens is 1. The second-order valence-corrected chi connectivity index (χ2v) is 3.07. The summed E-state index contributed by atoms with van der Waals surface area (Å²) in [6.45, 7) is 0. The quantitative estimate of drug-likeness (QED) is 0.745. The van der Waals surface area contributed by atoms with Crippen LogP contribution in [0.25, 0.3) is 0 Å². The van der Waals surface area contributed by atoms with Gasteiger partial charge in [0.05, 0.1) is 5.69 Å². The summed E-state index contributed by atoms with van der Waals surface area (Å²) in [7, 11) is 1.00. The molecule has 1 fully saturated rings. The number of aliphatic hydroxyl groups excluding tert-OH is 1. The van der Waals surface area contributed by atoms with Gasteiger partial charge in [-0.05, 0) is 31.4 Å². The summed E-state index contributed by atoms with van der Waals surface area (Å²) >= 11 is 0. The first-order valence-electron chi connectivity index (χ1n) is 4.68. The SMILES string of the molecule is CO.Nc1cccnc1OC1CCC1. The maximum atomic E-state index is 7.00. The van der Waals surface area contributed by atoms with Gasteiger partial charge in [-0.2, -0.15) is 0 Å². The Kier molecular flexibility index (Phi) is 4.19. The van der Waals surface area contributed by atoms with Gasteiger partial charge in [-0.3, -0.25) is 0 Å². The van der Waals surface area contributed by atoms with Crippen LogP contribution in [0.1, 0.15) is 19.3 Å². The summed E-state index contributed by atoms with van der Waals surface area (Å²) in [5, 5.41) is 7.00. The van der Waals surface area contributed by atoms with Crippen molar-refractivity contribution in [3.63, 3.8) is 0 Å². The number of anilines is 1. The Morgan fingerprint density at radius 3 is 2.71 bits per heavy atom. The summed E-state index contributed by atoms with van der Waals surface area (Å²) in [5.41, 5.74) is 6.29. The predicted molar refractivity (Wildman–Crippen MR) is 55.1 cm³/mol. The maximum absolute atomic E-state index is 7.00. The molecule has 4 nitrogen and oxygen atoms in total. The predicted octanol–water partition coefficient (Wildman–Crippen LogP) is 1.20. The molecule has 78 valence electrons. The van der Waals surface area contributed by atoms with Crippen LogP contribution in [0.5, 0.6) is 5.88 Å². The number of aliphatic hydroxyl groups is 1. The van der Waals surface area contributed by atoms with E-state index in [0.29, 0.717) is 17.7 Å². The highest BCUT2D eigenvalue weighted by molar-refractivity contribution is 5.46. The molecule has 0 amide bonds. The van der Waals surface area contributed by atoms with E-state index in [9.17, 15) is 0 Å². The van der Waals surface area contributed by atoms with E-state index < -0.39 is 0 Å². The number of nitrogens with zero attached hydrogens (tertiary/aromatic N) is 1. The molecule has 1 aromatic heterocycles. The number of nitrogens with two attached hydrogens (primary N) is 1. The molecule has 1 aliphatic rings. The highest BCUT2D eigenvalue weighted by atomic mass is 16.5. The first-order chi connectivity index (χ1) is 6.86. The van der Waals surface area contributed by atoms with Gasteiger partial charge in [-0.15, -0.1) is 0 Å². The second-order valence-electron chi connectivity index (χ2n) is 3.07. The minimum Gasteiger partial charge on any atom is -0.473 e. The first-order valence-corrected chi connectivity index (χ1v) is 4.68. The molecular weight excluding hydrogens is 180 g/mol. The molecule has 3 N–H and O–H groups in total. The van der Waals surface area contributed by atoms with Crippen molar-refractivity contribution < 1.29 is 9.84 Å². The Morgan fingerprint density at radius 2 is 2.21 bits per heavy atom. The fraction of sp³-hybridized carbons (Fsp3) is 0.500. The van der Waals surface area contributed by atoms with E-state index in [1.807, 2.05) is 6.07 Å². The zero-order valence-corrected chi connectivity index (χ0v) is 8.31. The van der Waals surface area contributed by atoms with Crippen LogP contribution in [0, 0.1) is 0 Å². The zero-order chi connectivity index (χ0) is 10.4. The molecule has 1 saturated carbocycles. The Balaban J connectivity index is 0.000000461. The first kappa shape index (κ1) is 10.8. The summed E-state index contributed by atoms with van der Waals surface area (Å²) < 4.78 is 5.54. The number of nitrogen functional groups attached to an aromatic ring is 1. The smallest absolute Gasteiger partial charge is 0.237 e. The van der Waals surface area contributed by atoms with E-state index in [2.05, 4.69) is 4.98 Å². The number of hydrogen-bond donors (Lipinski definition) is 2. The summed E-state index contributed by atoms with van der Waals surface area (Å²) in [6.07, 6.45) is 5.58. The van der Waals surface area contributed by atoms with Gasteiger partial charge in [0.1, 0.15) is 6.10 Å². The molecular formula is C10H16N2O2. The van der Waals surface area contributed by atoms with Crippen LogP contribution >= 0.6 is 0 Å². The molecule has 0 atom stereocenters. The number of rotatable bonds is 2. The minimum atomic E-state index is 0.349. The van der Waals surface area contributed by atoms with E-state index in [1.165, 1.54) is 6.42 Å². The lowest BCUT2D eigenvalue weighted by Gasteiger charge is -2.26. The van der Waals surface area contributed by atoms with E-state index in [4.69, 9.17) is 15.6 Å². The molecule has 0 spiro atoms. The van der Waals surface area contributed by atoms with Crippen LogP contribution in [-0.4, -0.2) is 23.3 Å². The molecule has 0 unspecified atom stereocenters. The minimum absolute atomic E-state index is 0.349. The average Bonchev–Trinajstić information content (AvgIpc) is 2.17. The molecule has 1 heterocycles. The van der Waals surface area contributed by atoms with Crippen molar-refractivity contribution in [1.82, 2.24) is 4.98 Å². The van der Waals surface area contributed by atoms with Gasteiger partial charge < -0.3 is 15.6 Å². The van der Waals surface area contributed by atoms with Crippen LogP contribution in [0.2, 0.25) is 0 Å². The van der Waals surface area contributed by atoms with E-state index in [-0.39, 0.29) is 0 Å². The van der Waals surface area contributed by atoms with Crippen molar-refractivity contribution in [2.24, 2.45) is 0 Å². The van der Waals surface area contributed by atoms with Crippen LogP contribution in [-0.2, 0) is 0 Å². The fourth-order valence-electron chi connectivity index (χ4n) is 1.15. The van der Waals surface area contributed by atoms with Gasteiger partial charge >= 0.3 is 0 Å². The summed E-state index contributed by atoms with van der Waals surface area (Å²) in [5.74, 6) is 0.585. The van der Waals surface area contributed by atoms with Crippen LogP contribution in [0.15, 0.2) is 18.3 Å². The van der Waals surface area contributed by atoms with Gasteiger partial charge in [-0.25, -0.2) is 4.98 Å². The van der Waals surface area contributed by atoms with Crippen molar-refractivity contribution in [2.45, 2.75) is 25.4 Å². The number of hydrogen-bond acceptors (Lipinski definition) is 4. The highest BCUT2D eigenvalue weighted by Crippen LogP contribution is 2.26. The van der Waals surface area contributed by atoms with Crippen molar-refractivity contribution in [2.75, 3.05) is 12.8 Å². The van der Waals surface area contributed by atoms with E-state index in [0.717, 1.165) is 20.0 Å². The Morgan fingerprint density at radius 1 is 1.50 bits per heavy atom. The maximum Gasteiger partial charge on any atom is 0.237 e. The van der Waals surface area contributed by atoms with E-state index in [1.54, 1.807) is 12.3 Å². The Labute approximate surface area is 83.7 Å². The molecule has 1 aromatic rings. The van der Waals surface area contributed by atoms with Gasteiger partial charge in [0.15, 0.2) is 0 Å². The molecule has 1 aliphatic carbocycles. The second kappa shape index (κ2) is 5.44. The highest BCUT2D eigenvalue weighted by Gasteiger charge is 2.20. The molecule has 4 heteroatoms. The Bertz CT molecular complexity index is 275. The average molecular weight is 196 g/mol. The van der Waals surface area contributed by atoms with Crippen LogP contribution in [0.3, 0.4) is 0 Å². The monoisotopic (exact) mass is 196 g/mol. The lowest BCUT2D eigenvalue weighted by atomic mass is 9.96. The van der Waals surface area contributed by atoms with Crippen molar-refractivity contribution in [1.29, 1.82) is 0 Å². The third-order valence-corrected chi connectivity index (χ3v) is 2.13. The fourth-order valence-corrected chi connectivity index (χ4v) is 1.15. The number of pyridine rings is 1. The van der Waals surface area contributed by atoms with Crippen molar-refractivity contribution in [3.8, 4) is 5.88 Å². The van der Waals surface area contributed by atoms with Crippen molar-refractivity contribution in [3.05, 3.63) is 18.3 Å².